The molecule has 1 aliphatic carbocycles. The summed E-state index contributed by atoms with van der Waals surface area (Å²) in [6, 6.07) is 2.63. The highest BCUT2D eigenvalue weighted by atomic mass is 79.9. The second-order valence-electron chi connectivity index (χ2n) is 5.39. The highest BCUT2D eigenvalue weighted by molar-refractivity contribution is 9.10. The molecule has 0 radical (unpaired) electrons. The van der Waals surface area contributed by atoms with Crippen LogP contribution in [0.5, 0.6) is 0 Å². The first-order chi connectivity index (χ1) is 8.47. The quantitative estimate of drug-likeness (QED) is 0.760. The molecule has 2 rings (SSSR count). The molecule has 0 spiro atoms. The fourth-order valence-electron chi connectivity index (χ4n) is 2.71. The van der Waals surface area contributed by atoms with Crippen LogP contribution in [-0.2, 0) is 0 Å². The Morgan fingerprint density at radius 1 is 1.17 bits per heavy atom. The molecule has 18 heavy (non-hydrogen) atoms. The van der Waals surface area contributed by atoms with Crippen LogP contribution in [-0.4, -0.2) is 6.04 Å². The maximum absolute atomic E-state index is 13.7. The Labute approximate surface area is 115 Å². The van der Waals surface area contributed by atoms with E-state index in [-0.39, 0.29) is 16.2 Å². The van der Waals surface area contributed by atoms with Gasteiger partial charge in [0.25, 0.3) is 0 Å². The number of benzene rings is 1. The molecule has 1 aromatic rings. The topological polar surface area (TPSA) is 12.0 Å². The van der Waals surface area contributed by atoms with Gasteiger partial charge in [-0.1, -0.05) is 13.8 Å². The summed E-state index contributed by atoms with van der Waals surface area (Å²) >= 11 is 2.98. The lowest BCUT2D eigenvalue weighted by atomic mass is 9.80. The van der Waals surface area contributed by atoms with Gasteiger partial charge in [0.05, 0.1) is 10.2 Å². The molecule has 3 atom stereocenters. The minimum absolute atomic E-state index is 0.163. The van der Waals surface area contributed by atoms with Gasteiger partial charge in [0.15, 0.2) is 0 Å². The Balaban J connectivity index is 2.12. The van der Waals surface area contributed by atoms with Crippen molar-refractivity contribution in [3.05, 3.63) is 28.2 Å². The van der Waals surface area contributed by atoms with Gasteiger partial charge >= 0.3 is 0 Å². The molecule has 0 heterocycles. The maximum Gasteiger partial charge on any atom is 0.147 e. The Morgan fingerprint density at radius 2 is 1.89 bits per heavy atom. The smallest absolute Gasteiger partial charge is 0.147 e. The molecule has 1 aliphatic rings. The van der Waals surface area contributed by atoms with Gasteiger partial charge in [-0.2, -0.15) is 0 Å². The first-order valence-corrected chi connectivity index (χ1v) is 7.17. The predicted octanol–water partition coefficient (Wildman–Crippen LogP) is 4.96. The zero-order chi connectivity index (χ0) is 13.3. The molecule has 1 nitrogen and oxygen atoms in total. The molecule has 3 unspecified atom stereocenters. The Bertz CT molecular complexity index is 436. The van der Waals surface area contributed by atoms with Crippen LogP contribution >= 0.6 is 15.9 Å². The maximum atomic E-state index is 13.7. The van der Waals surface area contributed by atoms with Crippen LogP contribution in [0.3, 0.4) is 0 Å². The zero-order valence-electron chi connectivity index (χ0n) is 10.6. The van der Waals surface area contributed by atoms with E-state index in [1.54, 1.807) is 0 Å². The third-order valence-corrected chi connectivity index (χ3v) is 4.39. The monoisotopic (exact) mass is 317 g/mol. The molecule has 0 aliphatic heterocycles. The van der Waals surface area contributed by atoms with Crippen LogP contribution in [0.4, 0.5) is 14.5 Å². The minimum atomic E-state index is -0.435. The van der Waals surface area contributed by atoms with Crippen LogP contribution in [0.15, 0.2) is 16.6 Å². The molecule has 0 bridgehead atoms. The van der Waals surface area contributed by atoms with Gasteiger partial charge in [0.1, 0.15) is 11.6 Å². The van der Waals surface area contributed by atoms with E-state index in [2.05, 4.69) is 35.1 Å². The normalized spacial score (nSPS) is 28.2. The van der Waals surface area contributed by atoms with Crippen molar-refractivity contribution in [3.8, 4) is 0 Å². The molecule has 1 aromatic carbocycles. The van der Waals surface area contributed by atoms with Gasteiger partial charge in [-0.15, -0.1) is 0 Å². The number of hydrogen-bond donors (Lipinski definition) is 1. The van der Waals surface area contributed by atoms with Gasteiger partial charge in [0.2, 0.25) is 0 Å². The van der Waals surface area contributed by atoms with Crippen molar-refractivity contribution in [2.75, 3.05) is 5.32 Å². The number of rotatable bonds is 2. The summed E-state index contributed by atoms with van der Waals surface area (Å²) in [5.74, 6) is 0.370. The predicted molar refractivity (Wildman–Crippen MR) is 73.6 cm³/mol. The van der Waals surface area contributed by atoms with Crippen LogP contribution in [0, 0.1) is 23.5 Å². The number of hydrogen-bond acceptors (Lipinski definition) is 1. The van der Waals surface area contributed by atoms with E-state index in [9.17, 15) is 8.78 Å². The van der Waals surface area contributed by atoms with Crippen LogP contribution in [0.2, 0.25) is 0 Å². The van der Waals surface area contributed by atoms with Crippen LogP contribution in [0.25, 0.3) is 0 Å². The van der Waals surface area contributed by atoms with Crippen molar-refractivity contribution >= 4 is 21.6 Å². The Morgan fingerprint density at radius 3 is 2.56 bits per heavy atom. The molecule has 1 N–H and O–H groups in total. The number of halogens is 3. The SMILES string of the molecule is CC1CCC(Nc2cc(F)c(Br)cc2F)C(C)C1. The standard InChI is InChI=1S/C14H18BrF2N/c1-8-3-4-13(9(2)5-8)18-14-7-11(16)10(15)6-12(14)17/h6-9,13,18H,3-5H2,1-2H3. The molecule has 0 amide bonds. The van der Waals surface area contributed by atoms with Crippen LogP contribution in [0.1, 0.15) is 33.1 Å². The summed E-state index contributed by atoms with van der Waals surface area (Å²) in [4.78, 5) is 0. The van der Waals surface area contributed by atoms with Gasteiger partial charge < -0.3 is 5.32 Å². The summed E-state index contributed by atoms with van der Waals surface area (Å²) in [5, 5.41) is 3.15. The lowest BCUT2D eigenvalue weighted by Crippen LogP contribution is -2.33. The summed E-state index contributed by atoms with van der Waals surface area (Å²) in [6.45, 7) is 4.41. The minimum Gasteiger partial charge on any atom is -0.380 e. The average molecular weight is 318 g/mol. The van der Waals surface area contributed by atoms with Crippen molar-refractivity contribution in [2.45, 2.75) is 39.2 Å². The fraction of sp³-hybridized carbons (Fsp3) is 0.571. The van der Waals surface area contributed by atoms with Crippen molar-refractivity contribution in [2.24, 2.45) is 11.8 Å². The second-order valence-corrected chi connectivity index (χ2v) is 6.25. The summed E-state index contributed by atoms with van der Waals surface area (Å²) in [5.41, 5.74) is 0.266. The molecular formula is C14H18BrF2N. The molecule has 1 saturated carbocycles. The number of nitrogens with one attached hydrogen (secondary N) is 1. The summed E-state index contributed by atoms with van der Waals surface area (Å²) < 4.78 is 27.3. The summed E-state index contributed by atoms with van der Waals surface area (Å²) in [6.07, 6.45) is 3.29. The second kappa shape index (κ2) is 5.55. The largest absolute Gasteiger partial charge is 0.380 e. The third kappa shape index (κ3) is 3.02. The van der Waals surface area contributed by atoms with Crippen molar-refractivity contribution < 1.29 is 8.78 Å². The van der Waals surface area contributed by atoms with E-state index >= 15 is 0 Å². The number of anilines is 1. The first kappa shape index (κ1) is 13.8. The van der Waals surface area contributed by atoms with Gasteiger partial charge in [0, 0.05) is 12.1 Å². The molecule has 4 heteroatoms. The third-order valence-electron chi connectivity index (χ3n) is 3.78. The van der Waals surface area contributed by atoms with Crippen molar-refractivity contribution in [3.63, 3.8) is 0 Å². The highest BCUT2D eigenvalue weighted by Gasteiger charge is 2.26. The fourth-order valence-corrected chi connectivity index (χ4v) is 3.03. The average Bonchev–Trinajstić information content (AvgIpc) is 2.29. The molecular weight excluding hydrogens is 300 g/mol. The van der Waals surface area contributed by atoms with E-state index in [4.69, 9.17) is 0 Å². The lowest BCUT2D eigenvalue weighted by molar-refractivity contribution is 0.276. The molecule has 0 saturated heterocycles. The van der Waals surface area contributed by atoms with E-state index in [0.29, 0.717) is 5.92 Å². The van der Waals surface area contributed by atoms with E-state index in [1.165, 1.54) is 12.1 Å². The lowest BCUT2D eigenvalue weighted by Gasteiger charge is -2.34. The van der Waals surface area contributed by atoms with Gasteiger partial charge in [-0.25, -0.2) is 8.78 Å². The van der Waals surface area contributed by atoms with E-state index in [1.807, 2.05) is 0 Å². The van der Waals surface area contributed by atoms with E-state index in [0.717, 1.165) is 25.2 Å². The summed E-state index contributed by atoms with van der Waals surface area (Å²) in [7, 11) is 0. The van der Waals surface area contributed by atoms with Gasteiger partial charge in [-0.3, -0.25) is 0 Å². The molecule has 0 aromatic heterocycles. The zero-order valence-corrected chi connectivity index (χ0v) is 12.2. The van der Waals surface area contributed by atoms with Crippen molar-refractivity contribution in [1.29, 1.82) is 0 Å². The van der Waals surface area contributed by atoms with Gasteiger partial charge in [-0.05, 0) is 53.1 Å². The van der Waals surface area contributed by atoms with Crippen LogP contribution < -0.4 is 5.32 Å². The Kier molecular flexibility index (Phi) is 4.25. The highest BCUT2D eigenvalue weighted by Crippen LogP contribution is 2.32. The first-order valence-electron chi connectivity index (χ1n) is 6.38. The molecule has 100 valence electrons. The molecule has 1 fully saturated rings. The Hall–Kier alpha value is -0.640. The van der Waals surface area contributed by atoms with Crippen molar-refractivity contribution in [1.82, 2.24) is 0 Å². The van der Waals surface area contributed by atoms with E-state index < -0.39 is 11.6 Å².